The van der Waals surface area contributed by atoms with Gasteiger partial charge in [0.15, 0.2) is 0 Å². The minimum Gasteiger partial charge on any atom is -0.508 e. The van der Waals surface area contributed by atoms with Crippen LogP contribution in [0.3, 0.4) is 0 Å². The molecule has 0 bridgehead atoms. The molecule has 1 aromatic carbocycles. The Morgan fingerprint density at radius 3 is 2.50 bits per heavy atom. The van der Waals surface area contributed by atoms with Crippen molar-refractivity contribution < 1.29 is 13.5 Å². The highest BCUT2D eigenvalue weighted by molar-refractivity contribution is 7.99. The summed E-state index contributed by atoms with van der Waals surface area (Å²) in [5.41, 5.74) is 0. The third-order valence-corrected chi connectivity index (χ3v) is 5.27. The smallest absolute Gasteiger partial charge is 0.244 e. The van der Waals surface area contributed by atoms with Crippen LogP contribution in [0.25, 0.3) is 0 Å². The molecule has 106 valence electrons. The number of aromatic hydroxyl groups is 1. The molecule has 0 radical (unpaired) electrons. The van der Waals surface area contributed by atoms with Gasteiger partial charge in [-0.15, -0.1) is 0 Å². The molecule has 1 heterocycles. The van der Waals surface area contributed by atoms with E-state index in [1.165, 1.54) is 38.1 Å². The van der Waals surface area contributed by atoms with Gasteiger partial charge in [-0.3, -0.25) is 0 Å². The summed E-state index contributed by atoms with van der Waals surface area (Å²) in [6.07, 6.45) is 1.33. The van der Waals surface area contributed by atoms with Gasteiger partial charge in [-0.25, -0.2) is 17.7 Å². The van der Waals surface area contributed by atoms with Crippen molar-refractivity contribution >= 4 is 21.8 Å². The standard InChI is InChI=1S/C13H14N2O3S2/c1-15(2)20(17,18)12-6-7-13(14-9-12)19-11-5-3-4-10(16)8-11/h3-9,16H,1-2H3. The van der Waals surface area contributed by atoms with Gasteiger partial charge in [-0.2, -0.15) is 0 Å². The number of sulfonamides is 1. The van der Waals surface area contributed by atoms with E-state index in [0.29, 0.717) is 5.03 Å². The molecule has 1 N–H and O–H groups in total. The van der Waals surface area contributed by atoms with Crippen LogP contribution in [-0.2, 0) is 10.0 Å². The number of phenolic OH excluding ortho intramolecular Hbond substituents is 1. The molecule has 0 saturated heterocycles. The molecule has 0 unspecified atom stereocenters. The summed E-state index contributed by atoms with van der Waals surface area (Å²) in [5, 5.41) is 10.0. The van der Waals surface area contributed by atoms with E-state index in [0.717, 1.165) is 9.20 Å². The Morgan fingerprint density at radius 1 is 1.20 bits per heavy atom. The second kappa shape index (κ2) is 5.82. The molecule has 2 aromatic rings. The lowest BCUT2D eigenvalue weighted by Crippen LogP contribution is -2.22. The molecule has 0 atom stereocenters. The number of phenols is 1. The predicted molar refractivity (Wildman–Crippen MR) is 77.3 cm³/mol. The first-order valence-electron chi connectivity index (χ1n) is 5.75. The van der Waals surface area contributed by atoms with E-state index >= 15 is 0 Å². The highest BCUT2D eigenvalue weighted by Gasteiger charge is 2.17. The summed E-state index contributed by atoms with van der Waals surface area (Å²) in [4.78, 5) is 5.12. The third-order valence-electron chi connectivity index (χ3n) is 2.53. The van der Waals surface area contributed by atoms with Gasteiger partial charge in [0.2, 0.25) is 10.0 Å². The van der Waals surface area contributed by atoms with E-state index in [2.05, 4.69) is 4.98 Å². The van der Waals surface area contributed by atoms with Crippen LogP contribution in [0.2, 0.25) is 0 Å². The largest absolute Gasteiger partial charge is 0.508 e. The lowest BCUT2D eigenvalue weighted by Gasteiger charge is -2.11. The first kappa shape index (κ1) is 14.8. The van der Waals surface area contributed by atoms with Crippen LogP contribution in [0, 0.1) is 0 Å². The Labute approximate surface area is 122 Å². The van der Waals surface area contributed by atoms with Gasteiger partial charge in [0.05, 0.1) is 0 Å². The van der Waals surface area contributed by atoms with Crippen LogP contribution >= 0.6 is 11.8 Å². The molecule has 5 nitrogen and oxygen atoms in total. The van der Waals surface area contributed by atoms with Crippen molar-refractivity contribution in [3.63, 3.8) is 0 Å². The lowest BCUT2D eigenvalue weighted by molar-refractivity contribution is 0.474. The zero-order valence-corrected chi connectivity index (χ0v) is 12.6. The fourth-order valence-corrected chi connectivity index (χ4v) is 3.12. The van der Waals surface area contributed by atoms with Crippen molar-refractivity contribution in [2.45, 2.75) is 14.8 Å². The molecule has 0 spiro atoms. The SMILES string of the molecule is CN(C)S(=O)(=O)c1ccc(Sc2cccc(O)c2)nc1. The molecular formula is C13H14N2O3S2. The molecule has 0 fully saturated rings. The van der Waals surface area contributed by atoms with Crippen molar-refractivity contribution in [2.24, 2.45) is 0 Å². The molecular weight excluding hydrogens is 296 g/mol. The number of benzene rings is 1. The molecule has 0 aliphatic heterocycles. The second-order valence-corrected chi connectivity index (χ2v) is 7.46. The first-order chi connectivity index (χ1) is 9.39. The molecule has 0 saturated carbocycles. The zero-order valence-electron chi connectivity index (χ0n) is 11.0. The normalized spacial score (nSPS) is 11.8. The van der Waals surface area contributed by atoms with Crippen LogP contribution in [0.1, 0.15) is 0 Å². The number of hydrogen-bond donors (Lipinski definition) is 1. The summed E-state index contributed by atoms with van der Waals surface area (Å²) < 4.78 is 24.9. The van der Waals surface area contributed by atoms with Crippen molar-refractivity contribution in [3.05, 3.63) is 42.6 Å². The van der Waals surface area contributed by atoms with Crippen LogP contribution in [0.4, 0.5) is 0 Å². The summed E-state index contributed by atoms with van der Waals surface area (Å²) >= 11 is 1.35. The Kier molecular flexibility index (Phi) is 4.32. The van der Waals surface area contributed by atoms with E-state index in [9.17, 15) is 13.5 Å². The Hall–Kier alpha value is -1.57. The molecule has 7 heteroatoms. The number of rotatable bonds is 4. The van der Waals surface area contributed by atoms with Gasteiger partial charge in [-0.05, 0) is 30.3 Å². The average Bonchev–Trinajstić information content (AvgIpc) is 2.39. The maximum atomic E-state index is 11.9. The van der Waals surface area contributed by atoms with E-state index in [-0.39, 0.29) is 10.6 Å². The number of aromatic nitrogens is 1. The van der Waals surface area contributed by atoms with E-state index in [4.69, 9.17) is 0 Å². The van der Waals surface area contributed by atoms with Gasteiger partial charge in [0, 0.05) is 25.2 Å². The minimum atomic E-state index is -3.45. The molecule has 1 aromatic heterocycles. The number of hydrogen-bond acceptors (Lipinski definition) is 5. The minimum absolute atomic E-state index is 0.155. The molecule has 20 heavy (non-hydrogen) atoms. The first-order valence-corrected chi connectivity index (χ1v) is 8.01. The summed E-state index contributed by atoms with van der Waals surface area (Å²) in [7, 11) is -0.498. The highest BCUT2D eigenvalue weighted by atomic mass is 32.2. The van der Waals surface area contributed by atoms with Gasteiger partial charge in [0.1, 0.15) is 15.7 Å². The van der Waals surface area contributed by atoms with Gasteiger partial charge in [-0.1, -0.05) is 17.8 Å². The van der Waals surface area contributed by atoms with Crippen molar-refractivity contribution in [2.75, 3.05) is 14.1 Å². The van der Waals surface area contributed by atoms with E-state index in [1.807, 2.05) is 6.07 Å². The fourth-order valence-electron chi connectivity index (χ4n) is 1.46. The predicted octanol–water partition coefficient (Wildman–Crippen LogP) is 2.19. The fraction of sp³-hybridized carbons (Fsp3) is 0.154. The third kappa shape index (κ3) is 3.30. The van der Waals surface area contributed by atoms with Gasteiger partial charge < -0.3 is 5.11 Å². The van der Waals surface area contributed by atoms with Gasteiger partial charge >= 0.3 is 0 Å². The number of pyridine rings is 1. The van der Waals surface area contributed by atoms with E-state index in [1.54, 1.807) is 24.3 Å². The summed E-state index contributed by atoms with van der Waals surface area (Å²) in [6, 6.07) is 9.96. The van der Waals surface area contributed by atoms with Crippen LogP contribution in [0.15, 0.2) is 57.4 Å². The van der Waals surface area contributed by atoms with Crippen molar-refractivity contribution in [1.29, 1.82) is 0 Å². The Morgan fingerprint density at radius 2 is 1.95 bits per heavy atom. The summed E-state index contributed by atoms with van der Waals surface area (Å²) in [6.45, 7) is 0. The molecule has 0 amide bonds. The monoisotopic (exact) mass is 310 g/mol. The maximum absolute atomic E-state index is 11.9. The van der Waals surface area contributed by atoms with Gasteiger partial charge in [0.25, 0.3) is 0 Å². The average molecular weight is 310 g/mol. The maximum Gasteiger partial charge on any atom is 0.244 e. The topological polar surface area (TPSA) is 70.5 Å². The van der Waals surface area contributed by atoms with Crippen LogP contribution in [-0.4, -0.2) is 36.9 Å². The van der Waals surface area contributed by atoms with Crippen LogP contribution in [0.5, 0.6) is 5.75 Å². The van der Waals surface area contributed by atoms with E-state index < -0.39 is 10.0 Å². The highest BCUT2D eigenvalue weighted by Crippen LogP contribution is 2.28. The number of nitrogens with zero attached hydrogens (tertiary/aromatic N) is 2. The van der Waals surface area contributed by atoms with Crippen molar-refractivity contribution in [3.8, 4) is 5.75 Å². The molecule has 0 aliphatic carbocycles. The summed E-state index contributed by atoms with van der Waals surface area (Å²) in [5.74, 6) is 0.182. The zero-order chi connectivity index (χ0) is 14.8. The van der Waals surface area contributed by atoms with Crippen molar-refractivity contribution in [1.82, 2.24) is 9.29 Å². The van der Waals surface area contributed by atoms with Crippen LogP contribution < -0.4 is 0 Å². The molecule has 0 aliphatic rings. The Balaban J connectivity index is 2.21. The Bertz CT molecular complexity index is 698. The molecule has 2 rings (SSSR count). The lowest BCUT2D eigenvalue weighted by atomic mass is 10.3. The second-order valence-electron chi connectivity index (χ2n) is 4.22. The quantitative estimate of drug-likeness (QED) is 0.937.